The van der Waals surface area contributed by atoms with Crippen molar-refractivity contribution in [3.63, 3.8) is 0 Å². The van der Waals surface area contributed by atoms with Crippen LogP contribution in [-0.4, -0.2) is 39.9 Å². The number of halogens is 4. The van der Waals surface area contributed by atoms with Gasteiger partial charge in [-0.15, -0.1) is 0 Å². The molecule has 4 rings (SSSR count). The van der Waals surface area contributed by atoms with Gasteiger partial charge >= 0.3 is 12.3 Å². The van der Waals surface area contributed by atoms with Crippen LogP contribution in [0.4, 0.5) is 18.0 Å². The minimum absolute atomic E-state index is 0.0216. The summed E-state index contributed by atoms with van der Waals surface area (Å²) in [6.45, 7) is 0.208. The van der Waals surface area contributed by atoms with E-state index in [9.17, 15) is 23.1 Å². The number of nitrogens with zero attached hydrogens (tertiary/aromatic N) is 2. The first-order valence-electron chi connectivity index (χ1n) is 10.7. The van der Waals surface area contributed by atoms with Gasteiger partial charge in [0.2, 0.25) is 11.6 Å². The third-order valence-corrected chi connectivity index (χ3v) is 5.81. The Kier molecular flexibility index (Phi) is 6.94. The van der Waals surface area contributed by atoms with E-state index in [1.807, 2.05) is 0 Å². The van der Waals surface area contributed by atoms with Crippen molar-refractivity contribution in [2.45, 2.75) is 56.8 Å². The van der Waals surface area contributed by atoms with Crippen LogP contribution in [0.5, 0.6) is 11.8 Å². The van der Waals surface area contributed by atoms with Crippen LogP contribution >= 0.6 is 11.6 Å². The van der Waals surface area contributed by atoms with Crippen LogP contribution < -0.4 is 14.8 Å². The SMILES string of the molecule is O=C(N[C@@H]1CCCC[C@H]1O)Oc1nc(-c2cccc(Cl)c2)c(OCC2CC2)nc1C(F)(F)F. The van der Waals surface area contributed by atoms with Gasteiger partial charge in [-0.2, -0.15) is 13.2 Å². The summed E-state index contributed by atoms with van der Waals surface area (Å²) >= 11 is 6.05. The number of aliphatic hydroxyl groups is 1. The van der Waals surface area contributed by atoms with E-state index < -0.39 is 36.0 Å². The van der Waals surface area contributed by atoms with Crippen molar-refractivity contribution in [1.82, 2.24) is 15.3 Å². The smallest absolute Gasteiger partial charge is 0.438 e. The third-order valence-electron chi connectivity index (χ3n) is 5.57. The largest absolute Gasteiger partial charge is 0.476 e. The number of carbonyl (C=O) groups excluding carboxylic acids is 1. The first-order chi connectivity index (χ1) is 15.7. The van der Waals surface area contributed by atoms with Gasteiger partial charge in [0.1, 0.15) is 5.69 Å². The number of ether oxygens (including phenoxy) is 2. The number of aromatic nitrogens is 2. The Morgan fingerprint density at radius 1 is 1.15 bits per heavy atom. The number of benzene rings is 1. The van der Waals surface area contributed by atoms with Crippen LogP contribution in [0, 0.1) is 5.92 Å². The second-order valence-corrected chi connectivity index (χ2v) is 8.72. The van der Waals surface area contributed by atoms with Crippen LogP contribution in [0.25, 0.3) is 11.3 Å². The molecule has 33 heavy (non-hydrogen) atoms. The van der Waals surface area contributed by atoms with E-state index in [1.54, 1.807) is 18.2 Å². The molecule has 2 aromatic rings. The van der Waals surface area contributed by atoms with E-state index in [-0.39, 0.29) is 24.1 Å². The summed E-state index contributed by atoms with van der Waals surface area (Å²) in [5.74, 6) is -1.05. The van der Waals surface area contributed by atoms with Gasteiger partial charge in [0.05, 0.1) is 18.8 Å². The molecule has 1 amide bonds. The Labute approximate surface area is 193 Å². The normalized spacial score (nSPS) is 20.9. The Balaban J connectivity index is 1.67. The lowest BCUT2D eigenvalue weighted by Crippen LogP contribution is -2.46. The van der Waals surface area contributed by atoms with Crippen molar-refractivity contribution in [2.75, 3.05) is 6.61 Å². The second-order valence-electron chi connectivity index (χ2n) is 8.29. The predicted octanol–water partition coefficient (Wildman–Crippen LogP) is 5.00. The molecule has 2 atom stereocenters. The average Bonchev–Trinajstić information content (AvgIpc) is 3.58. The molecule has 11 heteroatoms. The molecule has 1 aromatic carbocycles. The highest BCUT2D eigenvalue weighted by Crippen LogP contribution is 2.40. The lowest BCUT2D eigenvalue weighted by molar-refractivity contribution is -0.142. The van der Waals surface area contributed by atoms with Crippen molar-refractivity contribution in [3.05, 3.63) is 35.0 Å². The summed E-state index contributed by atoms with van der Waals surface area (Å²) < 4.78 is 51.9. The lowest BCUT2D eigenvalue weighted by atomic mass is 9.93. The molecule has 178 valence electrons. The Morgan fingerprint density at radius 2 is 1.91 bits per heavy atom. The van der Waals surface area contributed by atoms with Crippen molar-refractivity contribution in [2.24, 2.45) is 5.92 Å². The van der Waals surface area contributed by atoms with E-state index in [0.717, 1.165) is 25.7 Å². The van der Waals surface area contributed by atoms with Crippen LogP contribution in [0.1, 0.15) is 44.2 Å². The quantitative estimate of drug-likeness (QED) is 0.598. The second kappa shape index (κ2) is 9.72. The molecule has 1 aromatic heterocycles. The van der Waals surface area contributed by atoms with E-state index >= 15 is 0 Å². The fourth-order valence-corrected chi connectivity index (χ4v) is 3.80. The highest BCUT2D eigenvalue weighted by Gasteiger charge is 2.40. The van der Waals surface area contributed by atoms with Gasteiger partial charge in [-0.05, 0) is 43.7 Å². The molecule has 0 radical (unpaired) electrons. The molecular weight excluding hydrogens is 463 g/mol. The molecule has 0 spiro atoms. The number of hydrogen-bond donors (Lipinski definition) is 2. The van der Waals surface area contributed by atoms with E-state index in [0.29, 0.717) is 23.4 Å². The van der Waals surface area contributed by atoms with Gasteiger partial charge in [0, 0.05) is 10.6 Å². The van der Waals surface area contributed by atoms with E-state index in [2.05, 4.69) is 15.3 Å². The molecule has 0 unspecified atom stereocenters. The molecule has 1 heterocycles. The standard InChI is InChI=1S/C22H23ClF3N3O4/c23-14-5-3-4-13(10-14)17-19(32-11-12-8-9-12)29-18(22(24,25)26)20(28-17)33-21(31)27-15-6-1-2-7-16(15)30/h3-5,10,12,15-16,30H,1-2,6-9,11H2,(H,27,31)/t15-,16-/m1/s1. The summed E-state index contributed by atoms with van der Waals surface area (Å²) in [5, 5.41) is 12.8. The molecule has 2 saturated carbocycles. The summed E-state index contributed by atoms with van der Waals surface area (Å²) in [7, 11) is 0. The summed E-state index contributed by atoms with van der Waals surface area (Å²) in [6.07, 6.45) is -2.45. The summed E-state index contributed by atoms with van der Waals surface area (Å²) in [6, 6.07) is 5.70. The molecule has 0 bridgehead atoms. The minimum Gasteiger partial charge on any atom is -0.476 e. The first kappa shape index (κ1) is 23.6. The average molecular weight is 486 g/mol. The fraction of sp³-hybridized carbons (Fsp3) is 0.500. The minimum atomic E-state index is -4.95. The van der Waals surface area contributed by atoms with Crippen molar-refractivity contribution >= 4 is 17.7 Å². The zero-order valence-electron chi connectivity index (χ0n) is 17.6. The molecule has 2 fully saturated rings. The van der Waals surface area contributed by atoms with E-state index in [1.165, 1.54) is 6.07 Å². The van der Waals surface area contributed by atoms with Crippen molar-refractivity contribution < 1.29 is 32.5 Å². The van der Waals surface area contributed by atoms with Crippen LogP contribution in [0.2, 0.25) is 5.02 Å². The van der Waals surface area contributed by atoms with Crippen LogP contribution in [0.3, 0.4) is 0 Å². The third kappa shape index (κ3) is 6.05. The number of carbonyl (C=O) groups is 1. The highest BCUT2D eigenvalue weighted by atomic mass is 35.5. The van der Waals surface area contributed by atoms with Gasteiger partial charge in [-0.3, -0.25) is 0 Å². The highest BCUT2D eigenvalue weighted by molar-refractivity contribution is 6.30. The number of rotatable bonds is 6. The summed E-state index contributed by atoms with van der Waals surface area (Å²) in [5.41, 5.74) is -1.13. The molecule has 7 nitrogen and oxygen atoms in total. The molecule has 2 aliphatic rings. The molecule has 2 N–H and O–H groups in total. The molecule has 0 aliphatic heterocycles. The number of hydrogen-bond acceptors (Lipinski definition) is 6. The molecular formula is C22H23ClF3N3O4. The molecule has 2 aliphatic carbocycles. The van der Waals surface area contributed by atoms with Gasteiger partial charge < -0.3 is 19.9 Å². The zero-order valence-corrected chi connectivity index (χ0v) is 18.3. The maximum absolute atomic E-state index is 13.8. The first-order valence-corrected chi connectivity index (χ1v) is 11.1. The Bertz CT molecular complexity index is 1020. The Morgan fingerprint density at radius 3 is 2.58 bits per heavy atom. The maximum Gasteiger partial charge on any atom is 0.438 e. The monoisotopic (exact) mass is 485 g/mol. The summed E-state index contributed by atoms with van der Waals surface area (Å²) in [4.78, 5) is 20.0. The van der Waals surface area contributed by atoms with Crippen LogP contribution in [-0.2, 0) is 6.18 Å². The molecule has 0 saturated heterocycles. The van der Waals surface area contributed by atoms with E-state index in [4.69, 9.17) is 21.1 Å². The van der Waals surface area contributed by atoms with Gasteiger partial charge in [0.15, 0.2) is 0 Å². The number of amides is 1. The number of alkyl halides is 3. The lowest BCUT2D eigenvalue weighted by Gasteiger charge is -2.27. The topological polar surface area (TPSA) is 93.6 Å². The van der Waals surface area contributed by atoms with Gasteiger partial charge in [0.25, 0.3) is 5.88 Å². The van der Waals surface area contributed by atoms with Gasteiger partial charge in [-0.25, -0.2) is 14.8 Å². The number of nitrogens with one attached hydrogen (secondary N) is 1. The van der Waals surface area contributed by atoms with Crippen molar-refractivity contribution in [1.29, 1.82) is 0 Å². The zero-order chi connectivity index (χ0) is 23.6. The van der Waals surface area contributed by atoms with Crippen molar-refractivity contribution in [3.8, 4) is 23.0 Å². The van der Waals surface area contributed by atoms with Gasteiger partial charge in [-0.1, -0.05) is 36.6 Å². The van der Waals surface area contributed by atoms with Crippen LogP contribution in [0.15, 0.2) is 24.3 Å². The maximum atomic E-state index is 13.8. The number of aliphatic hydroxyl groups excluding tert-OH is 1. The predicted molar refractivity (Wildman–Crippen MR) is 113 cm³/mol. The Hall–Kier alpha value is -2.59. The fourth-order valence-electron chi connectivity index (χ4n) is 3.61.